The van der Waals surface area contributed by atoms with Gasteiger partial charge in [-0.3, -0.25) is 0 Å². The lowest BCUT2D eigenvalue weighted by atomic mass is 10.2. The van der Waals surface area contributed by atoms with E-state index in [9.17, 15) is 4.79 Å². The van der Waals surface area contributed by atoms with Gasteiger partial charge >= 0.3 is 5.97 Å². The molecule has 0 heterocycles. The molecular weight excluding hydrogens is 285 g/mol. The lowest BCUT2D eigenvalue weighted by Gasteiger charge is -2.08. The molecule has 0 unspecified atom stereocenters. The number of nitrogens with one attached hydrogen (secondary N) is 1. The maximum atomic E-state index is 10.7. The molecule has 3 nitrogen and oxygen atoms in total. The van der Waals surface area contributed by atoms with Crippen LogP contribution >= 0.6 is 23.2 Å². The van der Waals surface area contributed by atoms with E-state index >= 15 is 0 Å². The Kier molecular flexibility index (Phi) is 4.30. The highest BCUT2D eigenvalue weighted by Gasteiger charge is 2.03. The van der Waals surface area contributed by atoms with Crippen LogP contribution in [-0.4, -0.2) is 11.1 Å². The first-order valence-corrected chi connectivity index (χ1v) is 6.33. The van der Waals surface area contributed by atoms with Crippen LogP contribution in [0.5, 0.6) is 0 Å². The Morgan fingerprint density at radius 1 is 1.11 bits per heavy atom. The molecule has 0 aliphatic carbocycles. The van der Waals surface area contributed by atoms with Crippen molar-refractivity contribution in [3.05, 3.63) is 63.6 Å². The molecular formula is C14H11Cl2NO2. The lowest BCUT2D eigenvalue weighted by Crippen LogP contribution is -2.01. The van der Waals surface area contributed by atoms with E-state index in [4.69, 9.17) is 28.3 Å². The van der Waals surface area contributed by atoms with Gasteiger partial charge in [-0.1, -0.05) is 23.2 Å². The Hall–Kier alpha value is -1.71. The highest BCUT2D eigenvalue weighted by molar-refractivity contribution is 6.33. The predicted molar refractivity (Wildman–Crippen MR) is 77.2 cm³/mol. The van der Waals surface area contributed by atoms with Crippen molar-refractivity contribution >= 4 is 34.9 Å². The number of halogens is 2. The van der Waals surface area contributed by atoms with Crippen LogP contribution in [0.2, 0.25) is 10.0 Å². The fraction of sp³-hybridized carbons (Fsp3) is 0.0714. The van der Waals surface area contributed by atoms with Gasteiger partial charge in [0.1, 0.15) is 0 Å². The zero-order valence-electron chi connectivity index (χ0n) is 9.86. The van der Waals surface area contributed by atoms with Gasteiger partial charge in [0.2, 0.25) is 0 Å². The molecule has 2 N–H and O–H groups in total. The van der Waals surface area contributed by atoms with E-state index in [2.05, 4.69) is 5.32 Å². The molecule has 0 aliphatic heterocycles. The quantitative estimate of drug-likeness (QED) is 0.884. The van der Waals surface area contributed by atoms with Crippen molar-refractivity contribution in [2.45, 2.75) is 6.54 Å². The highest BCUT2D eigenvalue weighted by Crippen LogP contribution is 2.21. The van der Waals surface area contributed by atoms with E-state index < -0.39 is 5.97 Å². The van der Waals surface area contributed by atoms with E-state index in [0.717, 1.165) is 11.3 Å². The number of carboxylic acid groups (broad SMARTS) is 1. The molecule has 0 aromatic heterocycles. The summed E-state index contributed by atoms with van der Waals surface area (Å²) in [5, 5.41) is 13.2. The molecule has 0 aliphatic rings. The van der Waals surface area contributed by atoms with Crippen LogP contribution in [0.25, 0.3) is 0 Å². The molecule has 0 fully saturated rings. The maximum absolute atomic E-state index is 10.7. The van der Waals surface area contributed by atoms with Gasteiger partial charge in [0, 0.05) is 22.3 Å². The van der Waals surface area contributed by atoms with Gasteiger partial charge in [0.15, 0.2) is 0 Å². The monoisotopic (exact) mass is 295 g/mol. The standard InChI is InChI=1S/C14H11Cl2NO2/c15-11-3-6-13(16)10(7-11)8-17-12-4-1-9(2-5-12)14(18)19/h1-7,17H,8H2,(H,18,19). The van der Waals surface area contributed by atoms with Gasteiger partial charge in [-0.05, 0) is 48.0 Å². The SMILES string of the molecule is O=C(O)c1ccc(NCc2cc(Cl)ccc2Cl)cc1. The van der Waals surface area contributed by atoms with Crippen molar-refractivity contribution in [2.24, 2.45) is 0 Å². The Labute approximate surface area is 120 Å². The van der Waals surface area contributed by atoms with Crippen LogP contribution in [0.4, 0.5) is 5.69 Å². The van der Waals surface area contributed by atoms with Crippen molar-refractivity contribution in [1.29, 1.82) is 0 Å². The molecule has 0 saturated carbocycles. The van der Waals surface area contributed by atoms with Crippen LogP contribution in [0, 0.1) is 0 Å². The molecule has 19 heavy (non-hydrogen) atoms. The van der Waals surface area contributed by atoms with Crippen molar-refractivity contribution in [1.82, 2.24) is 0 Å². The Balaban J connectivity index is 2.06. The number of carboxylic acids is 1. The molecule has 0 radical (unpaired) electrons. The summed E-state index contributed by atoms with van der Waals surface area (Å²) < 4.78 is 0. The second-order valence-electron chi connectivity index (χ2n) is 3.97. The molecule has 2 rings (SSSR count). The van der Waals surface area contributed by atoms with Crippen LogP contribution in [0.1, 0.15) is 15.9 Å². The molecule has 0 bridgehead atoms. The summed E-state index contributed by atoms with van der Waals surface area (Å²) in [4.78, 5) is 10.7. The molecule has 0 spiro atoms. The molecule has 2 aromatic rings. The first-order chi connectivity index (χ1) is 9.06. The van der Waals surface area contributed by atoms with E-state index in [1.54, 1.807) is 42.5 Å². The summed E-state index contributed by atoms with van der Waals surface area (Å²) >= 11 is 12.0. The van der Waals surface area contributed by atoms with Crippen LogP contribution in [0.15, 0.2) is 42.5 Å². The summed E-state index contributed by atoms with van der Waals surface area (Å²) in [6.45, 7) is 0.520. The molecule has 5 heteroatoms. The molecule has 2 aromatic carbocycles. The van der Waals surface area contributed by atoms with Gasteiger partial charge in [-0.15, -0.1) is 0 Å². The third-order valence-electron chi connectivity index (χ3n) is 2.62. The molecule has 98 valence electrons. The minimum atomic E-state index is -0.940. The first kappa shape index (κ1) is 13.7. The summed E-state index contributed by atoms with van der Waals surface area (Å²) in [6.07, 6.45) is 0. The van der Waals surface area contributed by atoms with Crippen LogP contribution in [-0.2, 0) is 6.54 Å². The maximum Gasteiger partial charge on any atom is 0.335 e. The van der Waals surface area contributed by atoms with Crippen molar-refractivity contribution in [3.8, 4) is 0 Å². The van der Waals surface area contributed by atoms with Crippen molar-refractivity contribution in [3.63, 3.8) is 0 Å². The summed E-state index contributed by atoms with van der Waals surface area (Å²) in [5.41, 5.74) is 1.96. The van der Waals surface area contributed by atoms with E-state index in [-0.39, 0.29) is 5.56 Å². The number of carbonyl (C=O) groups is 1. The zero-order chi connectivity index (χ0) is 13.8. The smallest absolute Gasteiger partial charge is 0.335 e. The minimum Gasteiger partial charge on any atom is -0.478 e. The number of hydrogen-bond acceptors (Lipinski definition) is 2. The second kappa shape index (κ2) is 5.95. The Morgan fingerprint density at radius 3 is 2.42 bits per heavy atom. The summed E-state index contributed by atoms with van der Waals surface area (Å²) in [6, 6.07) is 11.8. The van der Waals surface area contributed by atoms with Gasteiger partial charge in [0.05, 0.1) is 5.56 Å². The van der Waals surface area contributed by atoms with Crippen molar-refractivity contribution in [2.75, 3.05) is 5.32 Å². The van der Waals surface area contributed by atoms with E-state index in [1.807, 2.05) is 0 Å². The number of benzene rings is 2. The molecule has 0 saturated heterocycles. The highest BCUT2D eigenvalue weighted by atomic mass is 35.5. The third-order valence-corrected chi connectivity index (χ3v) is 3.23. The lowest BCUT2D eigenvalue weighted by molar-refractivity contribution is 0.0697. The second-order valence-corrected chi connectivity index (χ2v) is 4.82. The average Bonchev–Trinajstić information content (AvgIpc) is 2.40. The van der Waals surface area contributed by atoms with Gasteiger partial charge in [-0.25, -0.2) is 4.79 Å². The third kappa shape index (κ3) is 3.63. The topological polar surface area (TPSA) is 49.3 Å². The van der Waals surface area contributed by atoms with Crippen molar-refractivity contribution < 1.29 is 9.90 Å². The molecule has 0 amide bonds. The summed E-state index contributed by atoms with van der Waals surface area (Å²) in [5.74, 6) is -0.940. The van der Waals surface area contributed by atoms with Crippen LogP contribution in [0.3, 0.4) is 0 Å². The number of aromatic carboxylic acids is 1. The van der Waals surface area contributed by atoms with Gasteiger partial charge in [-0.2, -0.15) is 0 Å². The fourth-order valence-electron chi connectivity index (χ4n) is 1.61. The predicted octanol–water partition coefficient (Wildman–Crippen LogP) is 4.30. The van der Waals surface area contributed by atoms with Crippen LogP contribution < -0.4 is 5.32 Å². The summed E-state index contributed by atoms with van der Waals surface area (Å²) in [7, 11) is 0. The average molecular weight is 296 g/mol. The van der Waals surface area contributed by atoms with Gasteiger partial charge in [0.25, 0.3) is 0 Å². The number of rotatable bonds is 4. The number of hydrogen-bond donors (Lipinski definition) is 2. The van der Waals surface area contributed by atoms with E-state index in [0.29, 0.717) is 16.6 Å². The fourth-order valence-corrected chi connectivity index (χ4v) is 1.99. The largest absolute Gasteiger partial charge is 0.478 e. The molecule has 0 atom stereocenters. The van der Waals surface area contributed by atoms with Gasteiger partial charge < -0.3 is 10.4 Å². The number of anilines is 1. The minimum absolute atomic E-state index is 0.256. The zero-order valence-corrected chi connectivity index (χ0v) is 11.4. The van der Waals surface area contributed by atoms with E-state index in [1.165, 1.54) is 0 Å². The Morgan fingerprint density at radius 2 is 1.79 bits per heavy atom. The Bertz CT molecular complexity index is 597. The first-order valence-electron chi connectivity index (χ1n) is 5.57. The normalized spacial score (nSPS) is 10.2.